The zero-order valence-corrected chi connectivity index (χ0v) is 25.2. The van der Waals surface area contributed by atoms with Crippen LogP contribution in [0.3, 0.4) is 0 Å². The Labute approximate surface area is 243 Å². The van der Waals surface area contributed by atoms with Crippen LogP contribution >= 0.6 is 0 Å². The quantitative estimate of drug-likeness (QED) is 0.165. The smallest absolute Gasteiger partial charge is 0.0572 e. The van der Waals surface area contributed by atoms with Crippen molar-refractivity contribution in [1.82, 2.24) is 20.2 Å². The van der Waals surface area contributed by atoms with Crippen molar-refractivity contribution in [3.8, 4) is 22.6 Å². The van der Waals surface area contributed by atoms with Crippen molar-refractivity contribution in [1.29, 1.82) is 0 Å². The Hall–Kier alpha value is -3.66. The Morgan fingerprint density at radius 1 is 0.769 bits per heavy atom. The van der Waals surface area contributed by atoms with Gasteiger partial charge in [0.1, 0.15) is 0 Å². The van der Waals surface area contributed by atoms with Gasteiger partial charge in [0.25, 0.3) is 0 Å². The number of fused-ring (bicyclic) bond motifs is 3. The van der Waals surface area contributed by atoms with E-state index in [1.807, 2.05) is 42.7 Å². The summed E-state index contributed by atoms with van der Waals surface area (Å²) in [6.45, 7) is 11.0. The molecule has 3 heterocycles. The van der Waals surface area contributed by atoms with Crippen molar-refractivity contribution in [2.24, 2.45) is 0 Å². The summed E-state index contributed by atoms with van der Waals surface area (Å²) in [5.41, 5.74) is 7.66. The number of hydrogen-bond acceptors (Lipinski definition) is 3. The van der Waals surface area contributed by atoms with Gasteiger partial charge in [-0.2, -0.15) is 0 Å². The van der Waals surface area contributed by atoms with Crippen LogP contribution in [0.5, 0.6) is 0 Å². The van der Waals surface area contributed by atoms with Crippen LogP contribution in [0.15, 0.2) is 91.3 Å². The van der Waals surface area contributed by atoms with Crippen molar-refractivity contribution in [3.05, 3.63) is 114 Å². The van der Waals surface area contributed by atoms with Crippen molar-refractivity contribution in [2.45, 2.75) is 45.4 Å². The molecule has 6 aromatic rings. The molecule has 0 bridgehead atoms. The molecule has 1 aliphatic carbocycles. The predicted octanol–water partition coefficient (Wildman–Crippen LogP) is 7.89. The molecule has 0 saturated carbocycles. The number of rotatable bonds is 1. The minimum Gasteiger partial charge on any atom is -0.573 e. The molecular formula is C34H30IrN4-2. The molecular weight excluding hydrogens is 657 g/mol. The van der Waals surface area contributed by atoms with Crippen molar-refractivity contribution >= 4 is 21.5 Å². The molecule has 3 aromatic heterocycles. The van der Waals surface area contributed by atoms with Gasteiger partial charge >= 0.3 is 0 Å². The molecule has 3 aromatic carbocycles. The van der Waals surface area contributed by atoms with E-state index in [9.17, 15) is 0 Å². The molecule has 1 radical (unpaired) electrons. The topological polar surface area (TPSA) is 52.8 Å². The Balaban J connectivity index is 0.000000154. The summed E-state index contributed by atoms with van der Waals surface area (Å²) < 4.78 is 0. The summed E-state index contributed by atoms with van der Waals surface area (Å²) in [7, 11) is 0. The van der Waals surface area contributed by atoms with Crippen molar-refractivity contribution in [2.75, 3.05) is 0 Å². The first-order valence-corrected chi connectivity index (χ1v) is 13.0. The first kappa shape index (κ1) is 26.9. The zero-order valence-electron chi connectivity index (χ0n) is 22.8. The summed E-state index contributed by atoms with van der Waals surface area (Å²) in [6.07, 6.45) is 3.72. The van der Waals surface area contributed by atoms with E-state index >= 15 is 0 Å². The van der Waals surface area contributed by atoms with E-state index in [0.29, 0.717) is 0 Å². The summed E-state index contributed by atoms with van der Waals surface area (Å²) in [4.78, 5) is 9.08. The number of pyridine rings is 2. The third kappa shape index (κ3) is 4.71. The Kier molecular flexibility index (Phi) is 7.00. The summed E-state index contributed by atoms with van der Waals surface area (Å²) in [5.74, 6) is 0. The fraction of sp³-hybridized carbons (Fsp3) is 0.206. The molecule has 0 saturated heterocycles. The van der Waals surface area contributed by atoms with Crippen LogP contribution in [0.2, 0.25) is 0 Å². The molecule has 7 rings (SSSR count). The van der Waals surface area contributed by atoms with Gasteiger partial charge in [0.15, 0.2) is 0 Å². The maximum atomic E-state index is 4.61. The molecule has 5 heteroatoms. The van der Waals surface area contributed by atoms with Gasteiger partial charge in [-0.25, -0.2) is 0 Å². The third-order valence-electron chi connectivity index (χ3n) is 7.45. The molecule has 0 amide bonds. The second-order valence-electron chi connectivity index (χ2n) is 11.4. The minimum absolute atomic E-state index is 0. The van der Waals surface area contributed by atoms with Gasteiger partial charge in [-0.1, -0.05) is 88.8 Å². The Bertz CT molecular complexity index is 1780. The Morgan fingerprint density at radius 3 is 2.23 bits per heavy atom. The van der Waals surface area contributed by atoms with Crippen LogP contribution in [0.1, 0.15) is 51.4 Å². The van der Waals surface area contributed by atoms with Crippen LogP contribution < -0.4 is 5.10 Å². The molecule has 197 valence electrons. The van der Waals surface area contributed by atoms with E-state index in [1.54, 1.807) is 0 Å². The van der Waals surface area contributed by atoms with Crippen LogP contribution in [0.4, 0.5) is 0 Å². The largest absolute Gasteiger partial charge is 0.573 e. The summed E-state index contributed by atoms with van der Waals surface area (Å²) in [6, 6.07) is 30.5. The molecule has 39 heavy (non-hydrogen) atoms. The zero-order chi connectivity index (χ0) is 26.5. The van der Waals surface area contributed by atoms with Gasteiger partial charge in [0.2, 0.25) is 0 Å². The fourth-order valence-electron chi connectivity index (χ4n) is 5.34. The number of nitrogens with zero attached hydrogens (tertiary/aromatic N) is 4. The molecule has 1 aliphatic rings. The average molecular weight is 687 g/mol. The molecule has 0 N–H and O–H groups in total. The van der Waals surface area contributed by atoms with Gasteiger partial charge in [-0.15, -0.1) is 35.4 Å². The first-order valence-electron chi connectivity index (χ1n) is 13.0. The monoisotopic (exact) mass is 687 g/mol. The second kappa shape index (κ2) is 10.1. The van der Waals surface area contributed by atoms with Crippen LogP contribution in [0, 0.1) is 6.07 Å². The summed E-state index contributed by atoms with van der Waals surface area (Å²) in [5, 5.41) is 13.4. The maximum Gasteiger partial charge on any atom is 0.0572 e. The SMILES string of the molecule is CC(C)(C)c1cc(-c2nccc3ccccc23)[n-]n1.CC1(C)c2ccc[c-]c2-c2nccc3cccc1c23.[Ir]. The second-order valence-corrected chi connectivity index (χ2v) is 11.4. The van der Waals surface area contributed by atoms with Crippen molar-refractivity contribution in [3.63, 3.8) is 0 Å². The van der Waals surface area contributed by atoms with Gasteiger partial charge in [0, 0.05) is 49.0 Å². The van der Waals surface area contributed by atoms with Crippen LogP contribution in [-0.4, -0.2) is 15.1 Å². The van der Waals surface area contributed by atoms with Crippen LogP contribution in [0.25, 0.3) is 44.2 Å². The minimum atomic E-state index is 0. The van der Waals surface area contributed by atoms with Crippen molar-refractivity contribution < 1.29 is 20.1 Å². The standard InChI is InChI=1S/C18H14N.C16H16N3.Ir/c1-18(2)14-8-4-3-7-13(14)17-16-12(10-11-19-17)6-5-9-15(16)18;1-16(2,3)14-10-13(18-19-14)15-12-7-5-4-6-11(12)8-9-17-15;/h3-6,8-11H,1-2H3;4-10H,1-3H3;/q2*-1;. The van der Waals surface area contributed by atoms with E-state index in [2.05, 4.69) is 109 Å². The van der Waals surface area contributed by atoms with Gasteiger partial charge in [-0.05, 0) is 45.0 Å². The number of aromatic nitrogens is 4. The molecule has 4 nitrogen and oxygen atoms in total. The summed E-state index contributed by atoms with van der Waals surface area (Å²) >= 11 is 0. The number of hydrogen-bond donors (Lipinski definition) is 0. The van der Waals surface area contributed by atoms with E-state index in [4.69, 9.17) is 0 Å². The van der Waals surface area contributed by atoms with Gasteiger partial charge < -0.3 is 15.2 Å². The molecule has 0 aliphatic heterocycles. The molecule has 0 fully saturated rings. The van der Waals surface area contributed by atoms with E-state index in [1.165, 1.54) is 27.3 Å². The number of benzene rings is 3. The predicted molar refractivity (Wildman–Crippen MR) is 155 cm³/mol. The van der Waals surface area contributed by atoms with Gasteiger partial charge in [0.05, 0.1) is 5.69 Å². The normalized spacial score (nSPS) is 13.3. The molecule has 0 atom stereocenters. The molecule has 0 spiro atoms. The van der Waals surface area contributed by atoms with Gasteiger partial charge in [-0.3, -0.25) is 4.98 Å². The van der Waals surface area contributed by atoms with E-state index in [-0.39, 0.29) is 30.9 Å². The first-order chi connectivity index (χ1) is 18.2. The van der Waals surface area contributed by atoms with E-state index < -0.39 is 0 Å². The van der Waals surface area contributed by atoms with Crippen LogP contribution in [-0.2, 0) is 30.9 Å². The maximum absolute atomic E-state index is 4.61. The average Bonchev–Trinajstić information content (AvgIpc) is 3.43. The fourth-order valence-corrected chi connectivity index (χ4v) is 5.34. The third-order valence-corrected chi connectivity index (χ3v) is 7.45. The molecule has 0 unspecified atom stereocenters. The van der Waals surface area contributed by atoms with E-state index in [0.717, 1.165) is 33.7 Å². The Morgan fingerprint density at radius 2 is 1.46 bits per heavy atom.